The molecule has 0 fully saturated rings. The molecule has 0 saturated heterocycles. The number of aromatic hydroxyl groups is 1. The highest BCUT2D eigenvalue weighted by Gasteiger charge is 2.11. The fraction of sp³-hybridized carbons (Fsp3) is 0.300. The molecule has 0 unspecified atom stereocenters. The zero-order chi connectivity index (χ0) is 10.7. The van der Waals surface area contributed by atoms with Crippen LogP contribution in [0.25, 0.3) is 0 Å². The number of phenolic OH excluding ortho intramolecular Hbond substituents is 1. The second kappa shape index (κ2) is 4.00. The smallest absolute Gasteiger partial charge is 0.252 e. The molecule has 4 heteroatoms. The van der Waals surface area contributed by atoms with Crippen molar-refractivity contribution < 1.29 is 14.6 Å². The number of rotatable bonds is 3. The van der Waals surface area contributed by atoms with Crippen LogP contribution in [0.5, 0.6) is 11.5 Å². The molecule has 0 bridgehead atoms. The minimum atomic E-state index is -0.614. The number of carbonyl (C=O) groups excluding carboxylic acids is 1. The van der Waals surface area contributed by atoms with Crippen LogP contribution in [-0.2, 0) is 0 Å². The van der Waals surface area contributed by atoms with Crippen LogP contribution in [-0.4, -0.2) is 17.1 Å². The minimum Gasteiger partial charge on any atom is -0.508 e. The van der Waals surface area contributed by atoms with Crippen molar-refractivity contribution in [3.63, 3.8) is 0 Å². The Morgan fingerprint density at radius 1 is 1.50 bits per heavy atom. The fourth-order valence-corrected chi connectivity index (χ4v) is 1.07. The van der Waals surface area contributed by atoms with E-state index in [9.17, 15) is 4.79 Å². The van der Waals surface area contributed by atoms with Crippen molar-refractivity contribution in [2.24, 2.45) is 5.73 Å². The van der Waals surface area contributed by atoms with E-state index in [-0.39, 0.29) is 17.4 Å². The van der Waals surface area contributed by atoms with Crippen LogP contribution >= 0.6 is 0 Å². The summed E-state index contributed by atoms with van der Waals surface area (Å²) in [6.07, 6.45) is -0.0438. The van der Waals surface area contributed by atoms with Gasteiger partial charge in [-0.1, -0.05) is 0 Å². The Bertz CT molecular complexity index is 347. The van der Waals surface area contributed by atoms with Gasteiger partial charge in [-0.25, -0.2) is 0 Å². The van der Waals surface area contributed by atoms with Gasteiger partial charge in [0.05, 0.1) is 11.7 Å². The van der Waals surface area contributed by atoms with E-state index in [1.165, 1.54) is 18.2 Å². The van der Waals surface area contributed by atoms with E-state index >= 15 is 0 Å². The van der Waals surface area contributed by atoms with Crippen molar-refractivity contribution in [1.29, 1.82) is 0 Å². The zero-order valence-electron chi connectivity index (χ0n) is 8.15. The Labute approximate surface area is 82.3 Å². The molecule has 0 saturated carbocycles. The third-order valence-corrected chi connectivity index (χ3v) is 1.59. The summed E-state index contributed by atoms with van der Waals surface area (Å²) in [5.74, 6) is -0.225. The predicted molar refractivity (Wildman–Crippen MR) is 52.4 cm³/mol. The molecule has 0 atom stereocenters. The normalized spacial score (nSPS) is 10.2. The van der Waals surface area contributed by atoms with Crippen molar-refractivity contribution in [1.82, 2.24) is 0 Å². The van der Waals surface area contributed by atoms with Gasteiger partial charge in [-0.2, -0.15) is 0 Å². The molecule has 1 rings (SSSR count). The molecule has 3 N–H and O–H groups in total. The van der Waals surface area contributed by atoms with Crippen molar-refractivity contribution in [2.45, 2.75) is 20.0 Å². The quantitative estimate of drug-likeness (QED) is 0.763. The number of hydrogen-bond acceptors (Lipinski definition) is 3. The number of nitrogens with two attached hydrogens (primary N) is 1. The van der Waals surface area contributed by atoms with Crippen LogP contribution in [0.1, 0.15) is 24.2 Å². The molecule has 0 aliphatic heterocycles. The van der Waals surface area contributed by atoms with Crippen LogP contribution in [0, 0.1) is 0 Å². The summed E-state index contributed by atoms with van der Waals surface area (Å²) in [7, 11) is 0. The first kappa shape index (κ1) is 10.4. The van der Waals surface area contributed by atoms with Crippen LogP contribution in [0.4, 0.5) is 0 Å². The molecule has 76 valence electrons. The maximum atomic E-state index is 11.0. The number of benzene rings is 1. The number of hydrogen-bond donors (Lipinski definition) is 2. The van der Waals surface area contributed by atoms with Gasteiger partial charge in [0.25, 0.3) is 5.91 Å². The lowest BCUT2D eigenvalue weighted by atomic mass is 10.2. The summed E-state index contributed by atoms with van der Waals surface area (Å²) in [5.41, 5.74) is 5.32. The standard InChI is InChI=1S/C10H13NO3/c1-6(2)14-9-4-3-7(12)5-8(9)10(11)13/h3-6,12H,1-2H3,(H2,11,13). The summed E-state index contributed by atoms with van der Waals surface area (Å²) in [4.78, 5) is 11.0. The van der Waals surface area contributed by atoms with Gasteiger partial charge >= 0.3 is 0 Å². The highest BCUT2D eigenvalue weighted by molar-refractivity contribution is 5.96. The maximum Gasteiger partial charge on any atom is 0.252 e. The maximum absolute atomic E-state index is 11.0. The second-order valence-electron chi connectivity index (χ2n) is 3.21. The number of primary amides is 1. The van der Waals surface area contributed by atoms with E-state index in [1.54, 1.807) is 0 Å². The molecule has 4 nitrogen and oxygen atoms in total. The molecule has 0 spiro atoms. The summed E-state index contributed by atoms with van der Waals surface area (Å²) in [5, 5.41) is 9.16. The SMILES string of the molecule is CC(C)Oc1ccc(O)cc1C(N)=O. The van der Waals surface area contributed by atoms with Gasteiger partial charge in [-0.3, -0.25) is 4.79 Å². The molecule has 1 aromatic rings. The number of ether oxygens (including phenoxy) is 1. The number of amides is 1. The number of phenols is 1. The number of carbonyl (C=O) groups is 1. The van der Waals surface area contributed by atoms with Gasteiger partial charge in [0, 0.05) is 0 Å². The van der Waals surface area contributed by atoms with E-state index in [1.807, 2.05) is 13.8 Å². The first-order valence-corrected chi connectivity index (χ1v) is 4.30. The van der Waals surface area contributed by atoms with Gasteiger partial charge in [-0.15, -0.1) is 0 Å². The highest BCUT2D eigenvalue weighted by Crippen LogP contribution is 2.23. The van der Waals surface area contributed by atoms with E-state index in [0.717, 1.165) is 0 Å². The molecule has 1 amide bonds. The van der Waals surface area contributed by atoms with Crippen LogP contribution in [0.3, 0.4) is 0 Å². The molecular formula is C10H13NO3. The summed E-state index contributed by atoms with van der Waals surface area (Å²) < 4.78 is 5.35. The Morgan fingerprint density at radius 3 is 2.64 bits per heavy atom. The van der Waals surface area contributed by atoms with Crippen molar-refractivity contribution in [3.05, 3.63) is 23.8 Å². The van der Waals surface area contributed by atoms with Crippen LogP contribution in [0.2, 0.25) is 0 Å². The molecule has 0 heterocycles. The van der Waals surface area contributed by atoms with Crippen molar-refractivity contribution in [2.75, 3.05) is 0 Å². The molecule has 0 aromatic heterocycles. The molecular weight excluding hydrogens is 182 g/mol. The minimum absolute atomic E-state index is 0.00472. The van der Waals surface area contributed by atoms with Gasteiger partial charge in [0.1, 0.15) is 11.5 Å². The summed E-state index contributed by atoms with van der Waals surface area (Å²) in [6, 6.07) is 4.26. The van der Waals surface area contributed by atoms with Crippen LogP contribution < -0.4 is 10.5 Å². The fourth-order valence-electron chi connectivity index (χ4n) is 1.07. The van der Waals surface area contributed by atoms with Crippen LogP contribution in [0.15, 0.2) is 18.2 Å². The average Bonchev–Trinajstić information content (AvgIpc) is 2.07. The topological polar surface area (TPSA) is 72.6 Å². The molecule has 0 radical (unpaired) electrons. The molecule has 1 aromatic carbocycles. The van der Waals surface area contributed by atoms with Gasteiger partial charge in [0.2, 0.25) is 0 Å². The third-order valence-electron chi connectivity index (χ3n) is 1.59. The molecule has 0 aliphatic carbocycles. The first-order valence-electron chi connectivity index (χ1n) is 4.30. The van der Waals surface area contributed by atoms with E-state index in [2.05, 4.69) is 0 Å². The largest absolute Gasteiger partial charge is 0.508 e. The Kier molecular flexibility index (Phi) is 2.96. The predicted octanol–water partition coefficient (Wildman–Crippen LogP) is 1.28. The van der Waals surface area contributed by atoms with Gasteiger partial charge in [-0.05, 0) is 32.0 Å². The third kappa shape index (κ3) is 2.39. The lowest BCUT2D eigenvalue weighted by molar-refractivity contribution is 0.0994. The Morgan fingerprint density at radius 2 is 2.14 bits per heavy atom. The average molecular weight is 195 g/mol. The molecule has 14 heavy (non-hydrogen) atoms. The van der Waals surface area contributed by atoms with E-state index in [4.69, 9.17) is 15.6 Å². The lowest BCUT2D eigenvalue weighted by Crippen LogP contribution is -2.15. The van der Waals surface area contributed by atoms with E-state index < -0.39 is 5.91 Å². The first-order chi connectivity index (χ1) is 6.50. The Hall–Kier alpha value is -1.71. The van der Waals surface area contributed by atoms with E-state index in [0.29, 0.717) is 5.75 Å². The van der Waals surface area contributed by atoms with Crippen molar-refractivity contribution in [3.8, 4) is 11.5 Å². The zero-order valence-corrected chi connectivity index (χ0v) is 8.15. The highest BCUT2D eigenvalue weighted by atomic mass is 16.5. The molecule has 0 aliphatic rings. The van der Waals surface area contributed by atoms with Crippen molar-refractivity contribution >= 4 is 5.91 Å². The monoisotopic (exact) mass is 195 g/mol. The summed E-state index contributed by atoms with van der Waals surface area (Å²) in [6.45, 7) is 3.69. The van der Waals surface area contributed by atoms with Gasteiger partial charge in [0.15, 0.2) is 0 Å². The Balaban J connectivity index is 3.08. The lowest BCUT2D eigenvalue weighted by Gasteiger charge is -2.12. The summed E-state index contributed by atoms with van der Waals surface area (Å²) >= 11 is 0. The van der Waals surface area contributed by atoms with Gasteiger partial charge < -0.3 is 15.6 Å². The second-order valence-corrected chi connectivity index (χ2v) is 3.21.